The number of carbonyl (C=O) groups is 1. The molecule has 1 aliphatic carbocycles. The molecule has 2 aliphatic rings. The van der Waals surface area contributed by atoms with Crippen LogP contribution in [0.1, 0.15) is 86.5 Å². The van der Waals surface area contributed by atoms with E-state index in [2.05, 4.69) is 46.9 Å². The van der Waals surface area contributed by atoms with Gasteiger partial charge < -0.3 is 9.74 Å². The summed E-state index contributed by atoms with van der Waals surface area (Å²) < 4.78 is 6.75. The lowest BCUT2D eigenvalue weighted by Gasteiger charge is -2.49. The highest BCUT2D eigenvalue weighted by atomic mass is 28.4. The third-order valence-corrected chi connectivity index (χ3v) is 12.7. The molecule has 0 spiro atoms. The van der Waals surface area contributed by atoms with Gasteiger partial charge in [0.15, 0.2) is 0 Å². The summed E-state index contributed by atoms with van der Waals surface area (Å²) in [5.74, 6) is 1.00. The molecular formula is C20H39NO2Si. The number of hydrogen-bond acceptors (Lipinski definition) is 2. The second-order valence-corrected chi connectivity index (χ2v) is 14.5. The molecule has 2 rings (SSSR count). The zero-order valence-corrected chi connectivity index (χ0v) is 17.7. The van der Waals surface area contributed by atoms with Gasteiger partial charge in [-0.25, -0.2) is 0 Å². The van der Waals surface area contributed by atoms with Crippen LogP contribution in [0.4, 0.5) is 0 Å². The van der Waals surface area contributed by atoms with Gasteiger partial charge in [0, 0.05) is 0 Å². The molecule has 0 aromatic rings. The highest BCUT2D eigenvalue weighted by molar-refractivity contribution is 6.77. The molecule has 2 atom stereocenters. The molecule has 0 radical (unpaired) electrons. The first-order valence-electron chi connectivity index (χ1n) is 10.3. The molecule has 2 fully saturated rings. The van der Waals surface area contributed by atoms with Gasteiger partial charge >= 0.3 is 0 Å². The second kappa shape index (κ2) is 8.35. The van der Waals surface area contributed by atoms with Crippen molar-refractivity contribution in [3.8, 4) is 0 Å². The van der Waals surface area contributed by atoms with E-state index >= 15 is 0 Å². The number of rotatable bonds is 8. The maximum atomic E-state index is 12.2. The zero-order chi connectivity index (χ0) is 17.9. The Bertz CT molecular complexity index is 394. The van der Waals surface area contributed by atoms with E-state index in [4.69, 9.17) is 4.43 Å². The van der Waals surface area contributed by atoms with Gasteiger partial charge in [-0.2, -0.15) is 0 Å². The normalized spacial score (nSPS) is 26.1. The Morgan fingerprint density at radius 1 is 0.958 bits per heavy atom. The summed E-state index contributed by atoms with van der Waals surface area (Å²) in [5.41, 5.74) is 1.60. The fraction of sp³-hybridized carbons (Fsp3) is 0.950. The zero-order valence-electron chi connectivity index (χ0n) is 16.7. The maximum Gasteiger partial charge on any atom is 0.250 e. The van der Waals surface area contributed by atoms with Crippen LogP contribution in [-0.2, 0) is 9.22 Å². The Hall–Kier alpha value is -0.353. The summed E-state index contributed by atoms with van der Waals surface area (Å²) in [4.78, 5) is 12.2. The van der Waals surface area contributed by atoms with E-state index in [0.717, 1.165) is 12.3 Å². The summed E-state index contributed by atoms with van der Waals surface area (Å²) in [6, 6.07) is 0.252. The average molecular weight is 354 g/mol. The lowest BCUT2D eigenvalue weighted by atomic mass is 9.83. The number of β-lactam (4-membered cyclic amide) rings is 1. The number of amides is 1. The van der Waals surface area contributed by atoms with Crippen LogP contribution in [0.2, 0.25) is 16.6 Å². The Morgan fingerprint density at radius 2 is 1.50 bits per heavy atom. The minimum Gasteiger partial charge on any atom is -0.402 e. The lowest BCUT2D eigenvalue weighted by Crippen LogP contribution is -2.67. The van der Waals surface area contributed by atoms with Gasteiger partial charge in [0.25, 0.3) is 0 Å². The van der Waals surface area contributed by atoms with E-state index in [1.807, 2.05) is 0 Å². The summed E-state index contributed by atoms with van der Waals surface area (Å²) >= 11 is 0. The van der Waals surface area contributed by atoms with Gasteiger partial charge in [-0.1, -0.05) is 73.6 Å². The molecule has 4 heteroatoms. The molecule has 140 valence electrons. The third-order valence-electron chi connectivity index (χ3n) is 6.60. The van der Waals surface area contributed by atoms with Gasteiger partial charge in [-0.15, -0.1) is 0 Å². The van der Waals surface area contributed by atoms with Crippen LogP contribution in [0, 0.1) is 5.92 Å². The molecule has 0 aromatic carbocycles. The monoisotopic (exact) mass is 353 g/mol. The molecule has 1 aliphatic heterocycles. The smallest absolute Gasteiger partial charge is 0.250 e. The van der Waals surface area contributed by atoms with Crippen molar-refractivity contribution in [3.05, 3.63) is 0 Å². The fourth-order valence-corrected chi connectivity index (χ4v) is 10.8. The van der Waals surface area contributed by atoms with Crippen LogP contribution in [0.25, 0.3) is 0 Å². The van der Waals surface area contributed by atoms with E-state index in [9.17, 15) is 4.79 Å². The quantitative estimate of drug-likeness (QED) is 0.468. The van der Waals surface area contributed by atoms with E-state index in [1.165, 1.54) is 38.5 Å². The fourth-order valence-electron chi connectivity index (χ4n) is 5.31. The van der Waals surface area contributed by atoms with E-state index in [-0.39, 0.29) is 18.1 Å². The van der Waals surface area contributed by atoms with Crippen molar-refractivity contribution in [2.75, 3.05) is 0 Å². The molecule has 1 unspecified atom stereocenters. The van der Waals surface area contributed by atoms with Crippen molar-refractivity contribution >= 4 is 14.2 Å². The van der Waals surface area contributed by atoms with Crippen molar-refractivity contribution in [2.45, 2.75) is 115 Å². The van der Waals surface area contributed by atoms with Crippen LogP contribution >= 0.6 is 0 Å². The molecule has 1 N–H and O–H groups in total. The first-order chi connectivity index (χ1) is 11.3. The van der Waals surface area contributed by atoms with Crippen molar-refractivity contribution in [3.63, 3.8) is 0 Å². The Kier molecular flexibility index (Phi) is 6.95. The van der Waals surface area contributed by atoms with Gasteiger partial charge in [-0.05, 0) is 35.4 Å². The van der Waals surface area contributed by atoms with Crippen molar-refractivity contribution in [2.24, 2.45) is 5.92 Å². The Morgan fingerprint density at radius 3 is 1.96 bits per heavy atom. The van der Waals surface area contributed by atoms with Crippen LogP contribution in [-0.4, -0.2) is 26.4 Å². The highest BCUT2D eigenvalue weighted by Crippen LogP contribution is 2.44. The first kappa shape index (κ1) is 20.0. The number of carbonyl (C=O) groups excluding carboxylic acids is 1. The summed E-state index contributed by atoms with van der Waals surface area (Å²) in [7, 11) is -1.97. The predicted molar refractivity (Wildman–Crippen MR) is 104 cm³/mol. The minimum absolute atomic E-state index is 0.127. The number of nitrogens with one attached hydrogen (secondary N) is 1. The lowest BCUT2D eigenvalue weighted by molar-refractivity contribution is -0.141. The number of hydrogen-bond donors (Lipinski definition) is 1. The van der Waals surface area contributed by atoms with E-state index < -0.39 is 8.32 Å². The molecule has 0 bridgehead atoms. The van der Waals surface area contributed by atoms with E-state index in [1.54, 1.807) is 0 Å². The van der Waals surface area contributed by atoms with Gasteiger partial charge in [0.2, 0.25) is 14.2 Å². The Labute approximate surface area is 150 Å². The predicted octanol–water partition coefficient (Wildman–Crippen LogP) is 5.41. The van der Waals surface area contributed by atoms with Gasteiger partial charge in [0.05, 0.1) is 6.04 Å². The van der Waals surface area contributed by atoms with Crippen LogP contribution in [0.3, 0.4) is 0 Å². The van der Waals surface area contributed by atoms with Crippen LogP contribution in [0.5, 0.6) is 0 Å². The van der Waals surface area contributed by atoms with Crippen molar-refractivity contribution < 1.29 is 9.22 Å². The third kappa shape index (κ3) is 4.06. The molecule has 24 heavy (non-hydrogen) atoms. The van der Waals surface area contributed by atoms with Crippen molar-refractivity contribution in [1.82, 2.24) is 5.32 Å². The molecule has 1 amide bonds. The molecule has 1 saturated heterocycles. The van der Waals surface area contributed by atoms with E-state index in [0.29, 0.717) is 16.6 Å². The second-order valence-electron chi connectivity index (χ2n) is 9.05. The largest absolute Gasteiger partial charge is 0.402 e. The molecule has 1 saturated carbocycles. The Balaban J connectivity index is 1.98. The summed E-state index contributed by atoms with van der Waals surface area (Å²) in [5, 5.41) is 3.13. The minimum atomic E-state index is -1.97. The highest BCUT2D eigenvalue weighted by Gasteiger charge is 2.51. The van der Waals surface area contributed by atoms with Crippen LogP contribution in [0.15, 0.2) is 0 Å². The topological polar surface area (TPSA) is 38.3 Å². The molecule has 3 nitrogen and oxygen atoms in total. The van der Waals surface area contributed by atoms with Gasteiger partial charge in [-0.3, -0.25) is 4.79 Å². The SMILES string of the molecule is CC(C)[Si](O[C@@H]1C(=O)NC1CCC1CCCCC1)(C(C)C)C(C)C. The first-order valence-corrected chi connectivity index (χ1v) is 12.4. The van der Waals surface area contributed by atoms with Crippen LogP contribution < -0.4 is 5.32 Å². The molecule has 0 aromatic heterocycles. The molecule has 1 heterocycles. The van der Waals surface area contributed by atoms with Gasteiger partial charge in [0.1, 0.15) is 6.10 Å². The standard InChI is InChI=1S/C20H39NO2Si/c1-14(2)24(15(3)4,16(5)6)23-19-18(21-20(19)22)13-12-17-10-8-7-9-11-17/h14-19H,7-13H2,1-6H3,(H,21,22)/t18?,19-/m0/s1. The van der Waals surface area contributed by atoms with Crippen molar-refractivity contribution in [1.29, 1.82) is 0 Å². The maximum absolute atomic E-state index is 12.2. The average Bonchev–Trinajstić information content (AvgIpc) is 2.51. The summed E-state index contributed by atoms with van der Waals surface area (Å²) in [6.45, 7) is 13.7. The molecular weight excluding hydrogens is 314 g/mol. The summed E-state index contributed by atoms with van der Waals surface area (Å²) in [6.07, 6.45) is 9.13.